The number of amides is 1. The molecule has 0 aliphatic carbocycles. The van der Waals surface area contributed by atoms with Crippen LogP contribution in [0.5, 0.6) is 0 Å². The van der Waals surface area contributed by atoms with E-state index in [1.54, 1.807) is 4.90 Å². The van der Waals surface area contributed by atoms with Crippen LogP contribution in [0.15, 0.2) is 0 Å². The number of carbonyl (C=O) groups is 1. The summed E-state index contributed by atoms with van der Waals surface area (Å²) in [5.74, 6) is -0.00477. The molecule has 7 heteroatoms. The second-order valence-corrected chi connectivity index (χ2v) is 7.43. The number of aliphatic hydroxyl groups excluding tert-OH is 1. The molecule has 2 rings (SSSR count). The highest BCUT2D eigenvalue weighted by atomic mass is 32.2. The van der Waals surface area contributed by atoms with Gasteiger partial charge >= 0.3 is 0 Å². The number of nitrogens with zero attached hydrogens (tertiary/aromatic N) is 2. The summed E-state index contributed by atoms with van der Waals surface area (Å²) in [7, 11) is -3.14. The fourth-order valence-corrected chi connectivity index (χ4v) is 3.86. The van der Waals surface area contributed by atoms with E-state index in [1.165, 1.54) is 10.6 Å². The molecule has 2 heterocycles. The Morgan fingerprint density at radius 2 is 1.84 bits per heavy atom. The third-order valence-corrected chi connectivity index (χ3v) is 5.45. The maximum Gasteiger partial charge on any atom is 0.226 e. The number of aliphatic hydroxyl groups is 1. The van der Waals surface area contributed by atoms with Crippen molar-refractivity contribution in [1.29, 1.82) is 0 Å². The molecule has 0 spiro atoms. The summed E-state index contributed by atoms with van der Waals surface area (Å²) in [4.78, 5) is 14.2. The maximum atomic E-state index is 12.4. The minimum Gasteiger partial charge on any atom is -0.394 e. The first-order chi connectivity index (χ1) is 8.93. The first kappa shape index (κ1) is 14.7. The molecule has 1 N–H and O–H groups in total. The molecule has 2 aliphatic heterocycles. The van der Waals surface area contributed by atoms with E-state index in [2.05, 4.69) is 0 Å². The third-order valence-electron chi connectivity index (χ3n) is 4.14. The van der Waals surface area contributed by atoms with Crippen LogP contribution in [0.1, 0.15) is 25.7 Å². The van der Waals surface area contributed by atoms with Gasteiger partial charge in [0.15, 0.2) is 0 Å². The Bertz CT molecular complexity index is 429. The maximum absolute atomic E-state index is 12.4. The summed E-state index contributed by atoms with van der Waals surface area (Å²) in [6.45, 7) is 1.59. The van der Waals surface area contributed by atoms with Gasteiger partial charge in [-0.25, -0.2) is 12.7 Å². The van der Waals surface area contributed by atoms with Gasteiger partial charge in [0, 0.05) is 25.6 Å². The second kappa shape index (κ2) is 5.76. The van der Waals surface area contributed by atoms with Crippen LogP contribution in [-0.4, -0.2) is 67.2 Å². The molecule has 19 heavy (non-hydrogen) atoms. The molecular formula is C12H22N2O4S. The SMILES string of the molecule is CS(=O)(=O)N1CCC(C(=O)N2CCCC2CO)CC1. The van der Waals surface area contributed by atoms with Crippen molar-refractivity contribution in [3.05, 3.63) is 0 Å². The zero-order chi connectivity index (χ0) is 14.0. The first-order valence-electron chi connectivity index (χ1n) is 6.80. The van der Waals surface area contributed by atoms with Gasteiger partial charge in [-0.05, 0) is 25.7 Å². The Balaban J connectivity index is 1.92. The zero-order valence-electron chi connectivity index (χ0n) is 11.3. The summed E-state index contributed by atoms with van der Waals surface area (Å²) in [6.07, 6.45) is 4.18. The predicted molar refractivity (Wildman–Crippen MR) is 71.0 cm³/mol. The van der Waals surface area contributed by atoms with E-state index in [-0.39, 0.29) is 24.5 Å². The highest BCUT2D eigenvalue weighted by molar-refractivity contribution is 7.88. The average molecular weight is 290 g/mol. The second-order valence-electron chi connectivity index (χ2n) is 5.45. The van der Waals surface area contributed by atoms with Crippen molar-refractivity contribution < 1.29 is 18.3 Å². The average Bonchev–Trinajstić information content (AvgIpc) is 2.85. The van der Waals surface area contributed by atoms with Gasteiger partial charge in [0.1, 0.15) is 0 Å². The number of carbonyl (C=O) groups excluding carboxylic acids is 1. The van der Waals surface area contributed by atoms with Crippen LogP contribution in [0.4, 0.5) is 0 Å². The van der Waals surface area contributed by atoms with Gasteiger partial charge in [0.2, 0.25) is 15.9 Å². The Kier molecular flexibility index (Phi) is 4.47. The smallest absolute Gasteiger partial charge is 0.226 e. The molecule has 6 nitrogen and oxygen atoms in total. The number of likely N-dealkylation sites (tertiary alicyclic amines) is 1. The Morgan fingerprint density at radius 3 is 2.37 bits per heavy atom. The quantitative estimate of drug-likeness (QED) is 0.770. The standard InChI is InChI=1S/C12H22N2O4S/c1-19(17,18)13-7-4-10(5-8-13)12(16)14-6-2-3-11(14)9-15/h10-11,15H,2-9H2,1H3. The Labute approximate surface area is 114 Å². The fraction of sp³-hybridized carbons (Fsp3) is 0.917. The largest absolute Gasteiger partial charge is 0.394 e. The minimum atomic E-state index is -3.14. The van der Waals surface area contributed by atoms with Crippen LogP contribution in [0.2, 0.25) is 0 Å². The zero-order valence-corrected chi connectivity index (χ0v) is 12.1. The first-order valence-corrected chi connectivity index (χ1v) is 8.64. The molecule has 110 valence electrons. The van der Waals surface area contributed by atoms with Gasteiger partial charge in [-0.3, -0.25) is 4.79 Å². The predicted octanol–water partition coefficient (Wildman–Crippen LogP) is -0.359. The Hall–Kier alpha value is -0.660. The van der Waals surface area contributed by atoms with Gasteiger partial charge in [0.25, 0.3) is 0 Å². The fourth-order valence-electron chi connectivity index (χ4n) is 2.98. The molecule has 0 saturated carbocycles. The summed E-state index contributed by atoms with van der Waals surface area (Å²) in [5.41, 5.74) is 0. The topological polar surface area (TPSA) is 77.9 Å². The normalized spacial score (nSPS) is 26.8. The molecule has 0 aromatic carbocycles. The molecule has 1 atom stereocenters. The molecule has 1 unspecified atom stereocenters. The van der Waals surface area contributed by atoms with Crippen LogP contribution in [0.3, 0.4) is 0 Å². The van der Waals surface area contributed by atoms with Crippen molar-refractivity contribution in [3.8, 4) is 0 Å². The summed E-state index contributed by atoms with van der Waals surface area (Å²) in [6, 6.07) is -0.0413. The van der Waals surface area contributed by atoms with E-state index in [9.17, 15) is 18.3 Å². The van der Waals surface area contributed by atoms with Gasteiger partial charge in [0.05, 0.1) is 18.9 Å². The molecule has 2 fully saturated rings. The van der Waals surface area contributed by atoms with E-state index < -0.39 is 10.0 Å². The van der Waals surface area contributed by atoms with Gasteiger partial charge in [-0.2, -0.15) is 0 Å². The molecule has 2 aliphatic rings. The summed E-state index contributed by atoms with van der Waals surface area (Å²) in [5, 5.41) is 9.25. The molecule has 1 amide bonds. The number of rotatable bonds is 3. The van der Waals surface area contributed by atoms with Crippen molar-refractivity contribution in [3.63, 3.8) is 0 Å². The third kappa shape index (κ3) is 3.27. The molecular weight excluding hydrogens is 268 g/mol. The van der Waals surface area contributed by atoms with Gasteiger partial charge < -0.3 is 10.0 Å². The summed E-state index contributed by atoms with van der Waals surface area (Å²) < 4.78 is 24.3. The van der Waals surface area contributed by atoms with Crippen molar-refractivity contribution >= 4 is 15.9 Å². The van der Waals surface area contributed by atoms with Crippen LogP contribution < -0.4 is 0 Å². The highest BCUT2D eigenvalue weighted by Gasteiger charge is 2.35. The molecule has 0 bridgehead atoms. The van der Waals surface area contributed by atoms with Crippen molar-refractivity contribution in [2.24, 2.45) is 5.92 Å². The van der Waals surface area contributed by atoms with E-state index >= 15 is 0 Å². The van der Waals surface area contributed by atoms with Crippen LogP contribution >= 0.6 is 0 Å². The molecule has 0 aromatic rings. The molecule has 0 radical (unpaired) electrons. The van der Waals surface area contributed by atoms with Crippen LogP contribution in [0.25, 0.3) is 0 Å². The lowest BCUT2D eigenvalue weighted by Crippen LogP contribution is -2.46. The van der Waals surface area contributed by atoms with Crippen LogP contribution in [0, 0.1) is 5.92 Å². The number of hydrogen-bond acceptors (Lipinski definition) is 4. The van der Waals surface area contributed by atoms with E-state index in [0.29, 0.717) is 25.9 Å². The van der Waals surface area contributed by atoms with E-state index in [1.807, 2.05) is 0 Å². The highest BCUT2D eigenvalue weighted by Crippen LogP contribution is 2.25. The van der Waals surface area contributed by atoms with Crippen molar-refractivity contribution in [1.82, 2.24) is 9.21 Å². The van der Waals surface area contributed by atoms with Gasteiger partial charge in [-0.1, -0.05) is 0 Å². The van der Waals surface area contributed by atoms with Crippen LogP contribution in [-0.2, 0) is 14.8 Å². The van der Waals surface area contributed by atoms with Gasteiger partial charge in [-0.15, -0.1) is 0 Å². The van der Waals surface area contributed by atoms with E-state index in [4.69, 9.17) is 0 Å². The molecule has 2 saturated heterocycles. The molecule has 0 aromatic heterocycles. The Morgan fingerprint density at radius 1 is 1.21 bits per heavy atom. The monoisotopic (exact) mass is 290 g/mol. The van der Waals surface area contributed by atoms with E-state index in [0.717, 1.165) is 19.4 Å². The minimum absolute atomic E-state index is 0.0218. The lowest BCUT2D eigenvalue weighted by Gasteiger charge is -2.33. The van der Waals surface area contributed by atoms with Crippen molar-refractivity contribution in [2.75, 3.05) is 32.5 Å². The lowest BCUT2D eigenvalue weighted by molar-refractivity contribution is -0.138. The number of piperidine rings is 1. The number of sulfonamides is 1. The lowest BCUT2D eigenvalue weighted by atomic mass is 9.96. The number of hydrogen-bond donors (Lipinski definition) is 1. The summed E-state index contributed by atoms with van der Waals surface area (Å²) >= 11 is 0. The van der Waals surface area contributed by atoms with Crippen molar-refractivity contribution in [2.45, 2.75) is 31.7 Å².